The maximum Gasteiger partial charge on any atom is 0.193 e. The third-order valence-electron chi connectivity index (χ3n) is 5.94. The summed E-state index contributed by atoms with van der Waals surface area (Å²) in [4.78, 5) is 13.2. The number of rotatable bonds is 12. The lowest BCUT2D eigenvalue weighted by atomic mass is 10.0. The standard InChI is InChI=1S/C35H34O5/c1-5-9-25-11-21-31(37-7-3)33(23-25)39-29-17-13-27(14-18-29)35(36)28-15-19-30(20-16-28)40-34-24-26(10-6-2)12-22-32(34)38-8-4/h5-6,9-24H,7-8H2,1-4H3/b9-5+,10-6+. The minimum atomic E-state index is -0.0896. The molecule has 0 bridgehead atoms. The molecular weight excluding hydrogens is 500 g/mol. The van der Waals surface area contributed by atoms with E-state index in [1.807, 2.05) is 88.4 Å². The number of carbonyl (C=O) groups is 1. The van der Waals surface area contributed by atoms with Crippen molar-refractivity contribution in [1.29, 1.82) is 0 Å². The first kappa shape index (κ1) is 28.2. The van der Waals surface area contributed by atoms with Crippen LogP contribution < -0.4 is 18.9 Å². The Labute approximate surface area is 236 Å². The summed E-state index contributed by atoms with van der Waals surface area (Å²) in [5.74, 6) is 3.72. The topological polar surface area (TPSA) is 54.0 Å². The molecule has 0 atom stereocenters. The first-order valence-electron chi connectivity index (χ1n) is 13.4. The van der Waals surface area contributed by atoms with Crippen LogP contribution in [0.25, 0.3) is 12.2 Å². The Kier molecular flexibility index (Phi) is 9.78. The van der Waals surface area contributed by atoms with Gasteiger partial charge in [-0.05, 0) is 112 Å². The average Bonchev–Trinajstić information content (AvgIpc) is 2.97. The summed E-state index contributed by atoms with van der Waals surface area (Å²) in [7, 11) is 0. The molecule has 0 heterocycles. The number of carbonyl (C=O) groups excluding carboxylic acids is 1. The Morgan fingerprint density at radius 1 is 0.575 bits per heavy atom. The number of hydrogen-bond acceptors (Lipinski definition) is 5. The molecule has 0 aliphatic rings. The second-order valence-electron chi connectivity index (χ2n) is 8.86. The molecule has 4 aromatic carbocycles. The zero-order valence-electron chi connectivity index (χ0n) is 23.3. The molecule has 0 saturated heterocycles. The molecule has 40 heavy (non-hydrogen) atoms. The molecule has 0 aromatic heterocycles. The van der Waals surface area contributed by atoms with Crippen LogP contribution in [-0.4, -0.2) is 19.0 Å². The van der Waals surface area contributed by atoms with Crippen LogP contribution in [-0.2, 0) is 0 Å². The second kappa shape index (κ2) is 13.9. The summed E-state index contributed by atoms with van der Waals surface area (Å²) in [6.45, 7) is 8.87. The normalized spacial score (nSPS) is 11.1. The first-order valence-corrected chi connectivity index (χ1v) is 13.4. The Hall–Kier alpha value is -4.77. The Morgan fingerprint density at radius 2 is 0.975 bits per heavy atom. The molecule has 0 unspecified atom stereocenters. The summed E-state index contributed by atoms with van der Waals surface area (Å²) in [6, 6.07) is 25.8. The maximum absolute atomic E-state index is 13.2. The minimum Gasteiger partial charge on any atom is -0.490 e. The molecule has 0 saturated carbocycles. The van der Waals surface area contributed by atoms with Crippen molar-refractivity contribution in [2.45, 2.75) is 27.7 Å². The summed E-state index contributed by atoms with van der Waals surface area (Å²) in [6.07, 6.45) is 7.94. The van der Waals surface area contributed by atoms with Gasteiger partial charge < -0.3 is 18.9 Å². The van der Waals surface area contributed by atoms with Crippen LogP contribution in [0, 0.1) is 0 Å². The van der Waals surface area contributed by atoms with Crippen molar-refractivity contribution in [2.24, 2.45) is 0 Å². The number of hydrogen-bond donors (Lipinski definition) is 0. The summed E-state index contributed by atoms with van der Waals surface area (Å²) in [5, 5.41) is 0. The van der Waals surface area contributed by atoms with E-state index < -0.39 is 0 Å². The minimum absolute atomic E-state index is 0.0896. The molecule has 204 valence electrons. The smallest absolute Gasteiger partial charge is 0.193 e. The van der Waals surface area contributed by atoms with Gasteiger partial charge in [-0.15, -0.1) is 0 Å². The van der Waals surface area contributed by atoms with Gasteiger partial charge in [0.2, 0.25) is 0 Å². The van der Waals surface area contributed by atoms with Crippen LogP contribution in [0.5, 0.6) is 34.5 Å². The lowest BCUT2D eigenvalue weighted by molar-refractivity contribution is 0.103. The van der Waals surface area contributed by atoms with E-state index in [0.29, 0.717) is 58.8 Å². The van der Waals surface area contributed by atoms with E-state index in [-0.39, 0.29) is 5.78 Å². The van der Waals surface area contributed by atoms with E-state index in [1.54, 1.807) is 48.5 Å². The van der Waals surface area contributed by atoms with E-state index >= 15 is 0 Å². The van der Waals surface area contributed by atoms with Crippen molar-refractivity contribution in [3.05, 3.63) is 119 Å². The van der Waals surface area contributed by atoms with Crippen LogP contribution in [0.4, 0.5) is 0 Å². The zero-order chi connectivity index (χ0) is 28.3. The fourth-order valence-corrected chi connectivity index (χ4v) is 4.12. The van der Waals surface area contributed by atoms with Crippen molar-refractivity contribution in [1.82, 2.24) is 0 Å². The van der Waals surface area contributed by atoms with Gasteiger partial charge in [-0.1, -0.05) is 36.4 Å². The van der Waals surface area contributed by atoms with Crippen molar-refractivity contribution in [3.8, 4) is 34.5 Å². The lowest BCUT2D eigenvalue weighted by Gasteiger charge is -2.13. The van der Waals surface area contributed by atoms with Gasteiger partial charge in [-0.2, -0.15) is 0 Å². The van der Waals surface area contributed by atoms with Gasteiger partial charge in [0.15, 0.2) is 28.8 Å². The molecular formula is C35H34O5. The predicted octanol–water partition coefficient (Wildman–Crippen LogP) is 9.37. The fraction of sp³-hybridized carbons (Fsp3) is 0.171. The van der Waals surface area contributed by atoms with E-state index in [0.717, 1.165) is 11.1 Å². The van der Waals surface area contributed by atoms with Gasteiger partial charge in [-0.25, -0.2) is 0 Å². The highest BCUT2D eigenvalue weighted by Gasteiger charge is 2.13. The third-order valence-corrected chi connectivity index (χ3v) is 5.94. The molecule has 0 radical (unpaired) electrons. The third kappa shape index (κ3) is 7.20. The number of allylic oxidation sites excluding steroid dienone is 2. The van der Waals surface area contributed by atoms with Gasteiger partial charge in [0, 0.05) is 11.1 Å². The fourth-order valence-electron chi connectivity index (χ4n) is 4.12. The highest BCUT2D eigenvalue weighted by atomic mass is 16.5. The highest BCUT2D eigenvalue weighted by molar-refractivity contribution is 6.09. The lowest BCUT2D eigenvalue weighted by Crippen LogP contribution is -2.01. The Balaban J connectivity index is 1.47. The molecule has 4 rings (SSSR count). The molecule has 0 aliphatic carbocycles. The van der Waals surface area contributed by atoms with Gasteiger partial charge in [0.25, 0.3) is 0 Å². The molecule has 0 fully saturated rings. The number of benzene rings is 4. The number of ketones is 1. The van der Waals surface area contributed by atoms with E-state index in [2.05, 4.69) is 0 Å². The van der Waals surface area contributed by atoms with E-state index in [9.17, 15) is 4.79 Å². The molecule has 5 heteroatoms. The van der Waals surface area contributed by atoms with Crippen LogP contribution in [0.15, 0.2) is 97.1 Å². The zero-order valence-corrected chi connectivity index (χ0v) is 23.3. The summed E-state index contributed by atoms with van der Waals surface area (Å²) >= 11 is 0. The van der Waals surface area contributed by atoms with Gasteiger partial charge in [-0.3, -0.25) is 4.79 Å². The maximum atomic E-state index is 13.2. The van der Waals surface area contributed by atoms with Crippen molar-refractivity contribution >= 4 is 17.9 Å². The van der Waals surface area contributed by atoms with Crippen molar-refractivity contribution < 1.29 is 23.7 Å². The highest BCUT2D eigenvalue weighted by Crippen LogP contribution is 2.35. The summed E-state index contributed by atoms with van der Waals surface area (Å²) < 4.78 is 23.7. The monoisotopic (exact) mass is 534 g/mol. The molecule has 0 amide bonds. The summed E-state index contributed by atoms with van der Waals surface area (Å²) in [5.41, 5.74) is 3.15. The number of ether oxygens (including phenoxy) is 4. The molecule has 0 N–H and O–H groups in total. The average molecular weight is 535 g/mol. The molecule has 5 nitrogen and oxygen atoms in total. The Bertz CT molecular complexity index is 1370. The first-order chi connectivity index (χ1) is 19.5. The van der Waals surface area contributed by atoms with Crippen molar-refractivity contribution in [3.63, 3.8) is 0 Å². The van der Waals surface area contributed by atoms with Crippen molar-refractivity contribution in [2.75, 3.05) is 13.2 Å². The SMILES string of the molecule is C/C=C/c1ccc(OCC)c(Oc2ccc(C(=O)c3ccc(Oc4cc(/C=C/C)ccc4OCC)cc3)cc2)c1. The van der Waals surface area contributed by atoms with Crippen LogP contribution in [0.3, 0.4) is 0 Å². The van der Waals surface area contributed by atoms with Gasteiger partial charge in [0.05, 0.1) is 13.2 Å². The largest absolute Gasteiger partial charge is 0.490 e. The van der Waals surface area contributed by atoms with Crippen LogP contribution >= 0.6 is 0 Å². The Morgan fingerprint density at radius 3 is 1.32 bits per heavy atom. The molecule has 4 aromatic rings. The van der Waals surface area contributed by atoms with Crippen LogP contribution in [0.1, 0.15) is 54.7 Å². The van der Waals surface area contributed by atoms with Gasteiger partial charge >= 0.3 is 0 Å². The van der Waals surface area contributed by atoms with E-state index in [4.69, 9.17) is 18.9 Å². The quantitative estimate of drug-likeness (QED) is 0.170. The second-order valence-corrected chi connectivity index (χ2v) is 8.86. The molecule has 0 aliphatic heterocycles. The van der Waals surface area contributed by atoms with Crippen LogP contribution in [0.2, 0.25) is 0 Å². The molecule has 0 spiro atoms. The van der Waals surface area contributed by atoms with Gasteiger partial charge in [0.1, 0.15) is 11.5 Å². The van der Waals surface area contributed by atoms with E-state index in [1.165, 1.54) is 0 Å². The predicted molar refractivity (Wildman–Crippen MR) is 161 cm³/mol.